The fourth-order valence-electron chi connectivity index (χ4n) is 3.34. The van der Waals surface area contributed by atoms with Gasteiger partial charge < -0.3 is 10.2 Å². The first-order chi connectivity index (χ1) is 9.35. The number of fused-ring (bicyclic) bond motifs is 1. The Kier molecular flexibility index (Phi) is 4.19. The molecule has 3 rings (SSSR count). The van der Waals surface area contributed by atoms with Crippen molar-refractivity contribution < 1.29 is 0 Å². The van der Waals surface area contributed by atoms with Crippen molar-refractivity contribution in [3.8, 4) is 0 Å². The molecule has 2 heteroatoms. The van der Waals surface area contributed by atoms with Crippen LogP contribution in [-0.2, 0) is 13.0 Å². The molecular weight excluding hydrogens is 232 g/mol. The topological polar surface area (TPSA) is 15.3 Å². The van der Waals surface area contributed by atoms with Crippen molar-refractivity contribution in [1.82, 2.24) is 10.2 Å². The van der Waals surface area contributed by atoms with E-state index in [1.54, 1.807) is 5.56 Å². The molecule has 1 aliphatic carbocycles. The van der Waals surface area contributed by atoms with Crippen molar-refractivity contribution in [1.29, 1.82) is 0 Å². The molecular formula is C17H26N2. The van der Waals surface area contributed by atoms with Gasteiger partial charge in [-0.25, -0.2) is 0 Å². The van der Waals surface area contributed by atoms with Crippen LogP contribution in [0.25, 0.3) is 0 Å². The van der Waals surface area contributed by atoms with Gasteiger partial charge in [0.2, 0.25) is 0 Å². The van der Waals surface area contributed by atoms with Crippen LogP contribution in [0.5, 0.6) is 0 Å². The average molecular weight is 258 g/mol. The quantitative estimate of drug-likeness (QED) is 0.873. The van der Waals surface area contributed by atoms with Crippen LogP contribution in [0.2, 0.25) is 0 Å². The summed E-state index contributed by atoms with van der Waals surface area (Å²) in [6, 6.07) is 9.51. The highest BCUT2D eigenvalue weighted by Crippen LogP contribution is 2.27. The Morgan fingerprint density at radius 3 is 2.63 bits per heavy atom. The third kappa shape index (κ3) is 3.18. The van der Waals surface area contributed by atoms with Crippen LogP contribution in [0.4, 0.5) is 0 Å². The number of hydrogen-bond donors (Lipinski definition) is 1. The lowest BCUT2D eigenvalue weighted by molar-refractivity contribution is 0.168. The van der Waals surface area contributed by atoms with E-state index in [0.29, 0.717) is 6.04 Å². The second-order valence-electron chi connectivity index (χ2n) is 6.20. The van der Waals surface area contributed by atoms with Gasteiger partial charge in [0.25, 0.3) is 0 Å². The summed E-state index contributed by atoms with van der Waals surface area (Å²) in [5.74, 6) is 0.982. The minimum Gasteiger partial charge on any atom is -0.308 e. The van der Waals surface area contributed by atoms with E-state index in [0.717, 1.165) is 12.5 Å². The molecule has 1 aliphatic heterocycles. The lowest BCUT2D eigenvalue weighted by Gasteiger charge is -2.35. The van der Waals surface area contributed by atoms with Crippen LogP contribution >= 0.6 is 0 Å². The third-order valence-electron chi connectivity index (χ3n) is 4.83. The smallest absolute Gasteiger partial charge is 0.0238 e. The van der Waals surface area contributed by atoms with Gasteiger partial charge in [0, 0.05) is 25.7 Å². The van der Waals surface area contributed by atoms with Gasteiger partial charge in [-0.3, -0.25) is 0 Å². The van der Waals surface area contributed by atoms with E-state index in [4.69, 9.17) is 0 Å². The highest BCUT2D eigenvalue weighted by molar-refractivity contribution is 5.29. The predicted molar refractivity (Wildman–Crippen MR) is 80.2 cm³/mol. The fourth-order valence-corrected chi connectivity index (χ4v) is 3.34. The van der Waals surface area contributed by atoms with Gasteiger partial charge in [-0.1, -0.05) is 37.6 Å². The Morgan fingerprint density at radius 1 is 1.16 bits per heavy atom. The zero-order valence-corrected chi connectivity index (χ0v) is 12.1. The second-order valence-corrected chi connectivity index (χ2v) is 6.20. The summed E-state index contributed by atoms with van der Waals surface area (Å²) in [5.41, 5.74) is 3.03. The number of nitrogens with zero attached hydrogens (tertiary/aromatic N) is 1. The molecule has 1 saturated carbocycles. The highest BCUT2D eigenvalue weighted by Gasteiger charge is 2.23. The molecule has 0 amide bonds. The van der Waals surface area contributed by atoms with Crippen molar-refractivity contribution in [2.75, 3.05) is 19.6 Å². The molecule has 19 heavy (non-hydrogen) atoms. The van der Waals surface area contributed by atoms with Gasteiger partial charge in [0.15, 0.2) is 0 Å². The largest absolute Gasteiger partial charge is 0.308 e. The molecule has 1 heterocycles. The van der Waals surface area contributed by atoms with Gasteiger partial charge in [-0.15, -0.1) is 0 Å². The van der Waals surface area contributed by atoms with Crippen LogP contribution in [-0.4, -0.2) is 30.6 Å². The second kappa shape index (κ2) is 6.06. The molecule has 1 aromatic rings. The summed E-state index contributed by atoms with van der Waals surface area (Å²) in [6.07, 6.45) is 5.56. The van der Waals surface area contributed by atoms with Crippen molar-refractivity contribution in [3.63, 3.8) is 0 Å². The normalized spacial score (nSPS) is 23.2. The Balaban J connectivity index is 1.55. The summed E-state index contributed by atoms with van der Waals surface area (Å²) in [5, 5.41) is 3.71. The maximum Gasteiger partial charge on any atom is 0.0238 e. The van der Waals surface area contributed by atoms with Gasteiger partial charge in [0.1, 0.15) is 0 Å². The fraction of sp³-hybridized carbons (Fsp3) is 0.647. The number of likely N-dealkylation sites (N-methyl/N-ethyl adjacent to an activating group) is 1. The maximum absolute atomic E-state index is 3.71. The van der Waals surface area contributed by atoms with Gasteiger partial charge in [0.05, 0.1) is 0 Å². The highest BCUT2D eigenvalue weighted by atomic mass is 15.1. The molecule has 2 nitrogen and oxygen atoms in total. The van der Waals surface area contributed by atoms with Crippen LogP contribution in [0.1, 0.15) is 37.3 Å². The maximum atomic E-state index is 3.71. The first-order valence-electron chi connectivity index (χ1n) is 7.87. The number of rotatable bonds is 5. The minimum atomic E-state index is 0.634. The van der Waals surface area contributed by atoms with E-state index < -0.39 is 0 Å². The Morgan fingerprint density at radius 2 is 1.95 bits per heavy atom. The summed E-state index contributed by atoms with van der Waals surface area (Å²) in [6.45, 7) is 7.06. The number of nitrogens with one attached hydrogen (secondary N) is 1. The molecule has 1 fully saturated rings. The molecule has 0 saturated heterocycles. The summed E-state index contributed by atoms with van der Waals surface area (Å²) < 4.78 is 0. The zero-order chi connectivity index (χ0) is 13.1. The first kappa shape index (κ1) is 13.1. The molecule has 104 valence electrons. The van der Waals surface area contributed by atoms with E-state index >= 15 is 0 Å². The number of hydrogen-bond acceptors (Lipinski definition) is 2. The minimum absolute atomic E-state index is 0.634. The number of benzene rings is 1. The van der Waals surface area contributed by atoms with Gasteiger partial charge >= 0.3 is 0 Å². The first-order valence-corrected chi connectivity index (χ1v) is 7.87. The lowest BCUT2D eigenvalue weighted by atomic mass is 9.85. The zero-order valence-electron chi connectivity index (χ0n) is 12.1. The van der Waals surface area contributed by atoms with E-state index in [2.05, 4.69) is 41.4 Å². The van der Waals surface area contributed by atoms with Gasteiger partial charge in [-0.05, 0) is 42.9 Å². The molecule has 0 bridgehead atoms. The van der Waals surface area contributed by atoms with E-state index in [1.165, 1.54) is 50.9 Å². The summed E-state index contributed by atoms with van der Waals surface area (Å²) >= 11 is 0. The Labute approximate surface area is 117 Å². The monoisotopic (exact) mass is 258 g/mol. The molecule has 1 N–H and O–H groups in total. The van der Waals surface area contributed by atoms with Crippen molar-refractivity contribution >= 4 is 0 Å². The lowest BCUT2D eigenvalue weighted by Crippen LogP contribution is -2.46. The summed E-state index contributed by atoms with van der Waals surface area (Å²) in [7, 11) is 0. The standard InChI is InChI=1S/C17H26N2/c1-2-19(12-14-6-5-7-14)13-17-10-15-8-3-4-9-16(15)11-18-17/h3-4,8-9,14,17-18H,2,5-7,10-13H2,1H3. The molecule has 1 aromatic carbocycles. The van der Waals surface area contributed by atoms with E-state index in [9.17, 15) is 0 Å². The average Bonchev–Trinajstić information content (AvgIpc) is 2.41. The van der Waals surface area contributed by atoms with E-state index in [-0.39, 0.29) is 0 Å². The Hall–Kier alpha value is -0.860. The Bertz CT molecular complexity index is 411. The van der Waals surface area contributed by atoms with Gasteiger partial charge in [-0.2, -0.15) is 0 Å². The van der Waals surface area contributed by atoms with Crippen LogP contribution in [0.15, 0.2) is 24.3 Å². The van der Waals surface area contributed by atoms with Crippen LogP contribution in [0, 0.1) is 5.92 Å². The van der Waals surface area contributed by atoms with Crippen LogP contribution < -0.4 is 5.32 Å². The van der Waals surface area contributed by atoms with Crippen LogP contribution in [0.3, 0.4) is 0 Å². The van der Waals surface area contributed by atoms with E-state index in [1.807, 2.05) is 0 Å². The molecule has 0 aromatic heterocycles. The predicted octanol–water partition coefficient (Wildman–Crippen LogP) is 2.82. The molecule has 1 unspecified atom stereocenters. The van der Waals surface area contributed by atoms with Crippen molar-refractivity contribution in [3.05, 3.63) is 35.4 Å². The summed E-state index contributed by atoms with van der Waals surface area (Å²) in [4.78, 5) is 2.65. The SMILES string of the molecule is CCN(CC1CCC1)CC1Cc2ccccc2CN1. The van der Waals surface area contributed by atoms with Crippen molar-refractivity contribution in [2.24, 2.45) is 5.92 Å². The molecule has 0 spiro atoms. The molecule has 2 aliphatic rings. The van der Waals surface area contributed by atoms with Crippen molar-refractivity contribution in [2.45, 2.75) is 45.2 Å². The third-order valence-corrected chi connectivity index (χ3v) is 4.83. The molecule has 1 atom stereocenters. The molecule has 0 radical (unpaired) electrons.